The van der Waals surface area contributed by atoms with Crippen LogP contribution in [0.5, 0.6) is 5.75 Å². The monoisotopic (exact) mass is 467 g/mol. The van der Waals surface area contributed by atoms with Crippen molar-refractivity contribution < 1.29 is 22.3 Å². The molecular formula is C26H26FNO4S. The van der Waals surface area contributed by atoms with Crippen LogP contribution in [0.15, 0.2) is 77.7 Å². The molecule has 33 heavy (non-hydrogen) atoms. The molecule has 172 valence electrons. The van der Waals surface area contributed by atoms with Crippen molar-refractivity contribution in [3.05, 3.63) is 84.2 Å². The van der Waals surface area contributed by atoms with Gasteiger partial charge in [0.1, 0.15) is 11.6 Å². The van der Waals surface area contributed by atoms with Gasteiger partial charge in [0, 0.05) is 13.0 Å². The molecule has 1 heterocycles. The largest absolute Gasteiger partial charge is 0.497 e. The molecule has 4 rings (SSSR count). The van der Waals surface area contributed by atoms with Gasteiger partial charge in [-0.15, -0.1) is 0 Å². The lowest BCUT2D eigenvalue weighted by Gasteiger charge is -2.23. The topological polar surface area (TPSA) is 63.7 Å². The molecule has 1 aliphatic heterocycles. The molecule has 0 N–H and O–H groups in total. The molecule has 0 unspecified atom stereocenters. The van der Waals surface area contributed by atoms with Crippen LogP contribution < -0.4 is 4.74 Å². The third-order valence-corrected chi connectivity index (χ3v) is 7.93. The summed E-state index contributed by atoms with van der Waals surface area (Å²) in [6.45, 7) is 0.295. The molecule has 3 aromatic carbocycles. The van der Waals surface area contributed by atoms with Crippen molar-refractivity contribution in [3.63, 3.8) is 0 Å². The molecule has 1 fully saturated rings. The highest BCUT2D eigenvalue weighted by molar-refractivity contribution is 7.89. The van der Waals surface area contributed by atoms with Crippen molar-refractivity contribution in [2.75, 3.05) is 13.7 Å². The zero-order valence-corrected chi connectivity index (χ0v) is 19.2. The van der Waals surface area contributed by atoms with Crippen LogP contribution in [0.25, 0.3) is 11.1 Å². The van der Waals surface area contributed by atoms with Gasteiger partial charge in [0.2, 0.25) is 10.0 Å². The van der Waals surface area contributed by atoms with Gasteiger partial charge in [-0.05, 0) is 72.4 Å². The fraction of sp³-hybridized carbons (Fsp3) is 0.269. The number of ketones is 1. The van der Waals surface area contributed by atoms with E-state index >= 15 is 0 Å². The van der Waals surface area contributed by atoms with E-state index in [0.29, 0.717) is 25.8 Å². The molecule has 5 nitrogen and oxygen atoms in total. The molecule has 1 saturated heterocycles. The van der Waals surface area contributed by atoms with E-state index in [2.05, 4.69) is 6.07 Å². The molecule has 0 radical (unpaired) electrons. The zero-order chi connectivity index (χ0) is 23.4. The summed E-state index contributed by atoms with van der Waals surface area (Å²) >= 11 is 0. The normalized spacial score (nSPS) is 16.6. The number of nitrogens with zero attached hydrogens (tertiary/aromatic N) is 1. The van der Waals surface area contributed by atoms with Gasteiger partial charge < -0.3 is 4.74 Å². The van der Waals surface area contributed by atoms with Crippen molar-refractivity contribution in [1.82, 2.24) is 4.31 Å². The maximum atomic E-state index is 13.2. The number of sulfonamides is 1. The summed E-state index contributed by atoms with van der Waals surface area (Å²) in [5.41, 5.74) is 3.11. The van der Waals surface area contributed by atoms with Crippen LogP contribution in [0, 0.1) is 5.82 Å². The molecule has 7 heteroatoms. The van der Waals surface area contributed by atoms with E-state index in [1.54, 1.807) is 7.11 Å². The summed E-state index contributed by atoms with van der Waals surface area (Å²) in [6, 6.07) is 19.8. The third kappa shape index (κ3) is 5.15. The first kappa shape index (κ1) is 23.1. The summed E-state index contributed by atoms with van der Waals surface area (Å²) < 4.78 is 45.8. The molecule has 0 amide bonds. The van der Waals surface area contributed by atoms with Crippen LogP contribution in [0.3, 0.4) is 0 Å². The first-order chi connectivity index (χ1) is 15.9. The Morgan fingerprint density at radius 3 is 2.45 bits per heavy atom. The van der Waals surface area contributed by atoms with Crippen LogP contribution >= 0.6 is 0 Å². The molecule has 0 aromatic heterocycles. The molecule has 0 bridgehead atoms. The lowest BCUT2D eigenvalue weighted by atomic mass is 9.98. The average molecular weight is 468 g/mol. The number of hydrogen-bond acceptors (Lipinski definition) is 4. The van der Waals surface area contributed by atoms with Crippen molar-refractivity contribution >= 4 is 15.8 Å². The van der Waals surface area contributed by atoms with Crippen LogP contribution in [0.4, 0.5) is 4.39 Å². The second-order valence-electron chi connectivity index (χ2n) is 8.12. The first-order valence-corrected chi connectivity index (χ1v) is 12.4. The van der Waals surface area contributed by atoms with Gasteiger partial charge in [0.25, 0.3) is 0 Å². The highest BCUT2D eigenvalue weighted by Crippen LogP contribution is 2.28. The number of aryl methyl sites for hydroxylation is 1. The molecule has 0 saturated carbocycles. The number of halogens is 1. The second-order valence-corrected chi connectivity index (χ2v) is 10.0. The Morgan fingerprint density at radius 2 is 1.76 bits per heavy atom. The lowest BCUT2D eigenvalue weighted by Crippen LogP contribution is -2.40. The van der Waals surface area contributed by atoms with E-state index in [0.717, 1.165) is 34.6 Å². The fourth-order valence-electron chi connectivity index (χ4n) is 4.22. The van der Waals surface area contributed by atoms with Crippen LogP contribution in [0.2, 0.25) is 0 Å². The van der Waals surface area contributed by atoms with E-state index < -0.39 is 21.9 Å². The summed E-state index contributed by atoms with van der Waals surface area (Å²) in [5.74, 6) is 0.199. The number of methoxy groups -OCH3 is 1. The average Bonchev–Trinajstić information content (AvgIpc) is 3.34. The Balaban J connectivity index is 1.44. The summed E-state index contributed by atoms with van der Waals surface area (Å²) in [4.78, 5) is 13.0. The number of rotatable bonds is 8. The van der Waals surface area contributed by atoms with E-state index in [1.165, 1.54) is 16.4 Å². The zero-order valence-electron chi connectivity index (χ0n) is 18.4. The van der Waals surface area contributed by atoms with E-state index in [-0.39, 0.29) is 17.1 Å². The minimum Gasteiger partial charge on any atom is -0.497 e. The van der Waals surface area contributed by atoms with Gasteiger partial charge in [0.15, 0.2) is 5.78 Å². The Bertz CT molecular complexity index is 1220. The number of hydrogen-bond donors (Lipinski definition) is 0. The van der Waals surface area contributed by atoms with Crippen molar-refractivity contribution in [3.8, 4) is 16.9 Å². The highest BCUT2D eigenvalue weighted by atomic mass is 32.2. The number of ether oxygens (including phenoxy) is 1. The minimum absolute atomic E-state index is 0.00999. The molecule has 3 aromatic rings. The van der Waals surface area contributed by atoms with Gasteiger partial charge in [-0.1, -0.05) is 36.4 Å². The predicted octanol–water partition coefficient (Wildman–Crippen LogP) is 4.86. The van der Waals surface area contributed by atoms with Crippen LogP contribution in [0.1, 0.15) is 24.8 Å². The molecule has 0 spiro atoms. The van der Waals surface area contributed by atoms with Crippen molar-refractivity contribution in [2.45, 2.75) is 36.6 Å². The smallest absolute Gasteiger partial charge is 0.243 e. The summed E-state index contributed by atoms with van der Waals surface area (Å²) in [7, 11) is -2.22. The maximum absolute atomic E-state index is 13.2. The standard InChI is InChI=1S/C26H26FNO4S/c1-32-23-12-8-20(9-13-23)21-5-2-4-19(18-21)7-16-26(29)25-6-3-17-28(25)33(30,31)24-14-10-22(27)11-15-24/h2,4-5,8-15,18,25H,3,6-7,16-17H2,1H3/t25-/m0/s1. The van der Waals surface area contributed by atoms with Gasteiger partial charge >= 0.3 is 0 Å². The lowest BCUT2D eigenvalue weighted by molar-refractivity contribution is -0.122. The molecule has 1 atom stereocenters. The van der Waals surface area contributed by atoms with Crippen molar-refractivity contribution in [2.24, 2.45) is 0 Å². The maximum Gasteiger partial charge on any atom is 0.243 e. The van der Waals surface area contributed by atoms with E-state index in [1.807, 2.05) is 42.5 Å². The molecule has 0 aliphatic carbocycles. The second kappa shape index (κ2) is 9.85. The number of benzene rings is 3. The Kier molecular flexibility index (Phi) is 6.91. The van der Waals surface area contributed by atoms with Crippen LogP contribution in [-0.4, -0.2) is 38.2 Å². The quantitative estimate of drug-likeness (QED) is 0.475. The summed E-state index contributed by atoms with van der Waals surface area (Å²) in [6.07, 6.45) is 1.92. The van der Waals surface area contributed by atoms with Gasteiger partial charge in [-0.2, -0.15) is 4.31 Å². The Labute approximate surface area is 193 Å². The third-order valence-electron chi connectivity index (χ3n) is 6.01. The van der Waals surface area contributed by atoms with Gasteiger partial charge in [-0.25, -0.2) is 12.8 Å². The van der Waals surface area contributed by atoms with Gasteiger partial charge in [-0.3, -0.25) is 4.79 Å². The predicted molar refractivity (Wildman–Crippen MR) is 125 cm³/mol. The minimum atomic E-state index is -3.85. The Morgan fingerprint density at radius 1 is 1.03 bits per heavy atom. The summed E-state index contributed by atoms with van der Waals surface area (Å²) in [5, 5.41) is 0. The number of Topliss-reactive ketones (excluding diaryl/α,β-unsaturated/α-hetero) is 1. The van der Waals surface area contributed by atoms with Crippen LogP contribution in [-0.2, 0) is 21.2 Å². The Hall–Kier alpha value is -3.03. The van der Waals surface area contributed by atoms with Gasteiger partial charge in [0.05, 0.1) is 18.0 Å². The van der Waals surface area contributed by atoms with E-state index in [9.17, 15) is 17.6 Å². The first-order valence-electron chi connectivity index (χ1n) is 10.9. The number of carbonyl (C=O) groups excluding carboxylic acids is 1. The fourth-order valence-corrected chi connectivity index (χ4v) is 5.89. The number of carbonyl (C=O) groups is 1. The van der Waals surface area contributed by atoms with E-state index in [4.69, 9.17) is 4.74 Å². The van der Waals surface area contributed by atoms with Crippen molar-refractivity contribution in [1.29, 1.82) is 0 Å². The highest BCUT2D eigenvalue weighted by Gasteiger charge is 2.38. The molecule has 1 aliphatic rings. The SMILES string of the molecule is COc1ccc(-c2cccc(CCC(=O)[C@@H]3CCCN3S(=O)(=O)c3ccc(F)cc3)c2)cc1. The molecular weight excluding hydrogens is 441 g/mol.